The molecule has 3 heteroatoms. The van der Waals surface area contributed by atoms with Crippen molar-refractivity contribution in [3.8, 4) is 0 Å². The first-order valence-corrected chi connectivity index (χ1v) is 8.35. The van der Waals surface area contributed by atoms with E-state index in [2.05, 4.69) is 24.1 Å². The molecule has 0 radical (unpaired) electrons. The second-order valence-electron chi connectivity index (χ2n) is 6.40. The van der Waals surface area contributed by atoms with Crippen LogP contribution in [-0.4, -0.2) is 19.6 Å². The highest BCUT2D eigenvalue weighted by atomic mass is 19.1. The highest BCUT2D eigenvalue weighted by Gasteiger charge is 2.26. The Bertz CT molecular complexity index is 447. The molecule has 2 rings (SSSR count). The molecular weight excluding hydrogens is 263 g/mol. The van der Waals surface area contributed by atoms with Crippen molar-refractivity contribution >= 4 is 5.69 Å². The lowest BCUT2D eigenvalue weighted by Crippen LogP contribution is -2.39. The van der Waals surface area contributed by atoms with Crippen LogP contribution in [0.25, 0.3) is 0 Å². The summed E-state index contributed by atoms with van der Waals surface area (Å²) in [5.74, 6) is 0.556. The Morgan fingerprint density at radius 2 is 2.05 bits per heavy atom. The van der Waals surface area contributed by atoms with Gasteiger partial charge in [-0.3, -0.25) is 0 Å². The number of nitrogens with zero attached hydrogens (tertiary/aromatic N) is 1. The zero-order valence-corrected chi connectivity index (χ0v) is 13.7. The molecule has 0 saturated heterocycles. The van der Waals surface area contributed by atoms with Crippen molar-refractivity contribution in [2.75, 3.05) is 18.5 Å². The third kappa shape index (κ3) is 4.19. The fraction of sp³-hybridized carbons (Fsp3) is 0.667. The van der Waals surface area contributed by atoms with Crippen LogP contribution in [0.3, 0.4) is 0 Å². The predicted octanol–water partition coefficient (Wildman–Crippen LogP) is 4.34. The fourth-order valence-electron chi connectivity index (χ4n) is 3.41. The fourth-order valence-corrected chi connectivity index (χ4v) is 3.41. The van der Waals surface area contributed by atoms with E-state index in [4.69, 9.17) is 0 Å². The van der Waals surface area contributed by atoms with Crippen molar-refractivity contribution in [1.29, 1.82) is 0 Å². The molecule has 2 unspecified atom stereocenters. The summed E-state index contributed by atoms with van der Waals surface area (Å²) >= 11 is 0. The highest BCUT2D eigenvalue weighted by Crippen LogP contribution is 2.31. The largest absolute Gasteiger partial charge is 0.369 e. The Morgan fingerprint density at radius 3 is 2.71 bits per heavy atom. The summed E-state index contributed by atoms with van der Waals surface area (Å²) in [7, 11) is 2.04. The average Bonchev–Trinajstić information content (AvgIpc) is 2.47. The molecule has 0 amide bonds. The van der Waals surface area contributed by atoms with Crippen LogP contribution < -0.4 is 10.2 Å². The van der Waals surface area contributed by atoms with E-state index < -0.39 is 0 Å². The summed E-state index contributed by atoms with van der Waals surface area (Å²) in [6.45, 7) is 6.15. The molecule has 118 valence electrons. The first-order chi connectivity index (χ1) is 10.1. The van der Waals surface area contributed by atoms with Gasteiger partial charge in [0.05, 0.1) is 5.69 Å². The third-order valence-electron chi connectivity index (χ3n) is 4.71. The molecule has 1 aliphatic rings. The lowest BCUT2D eigenvalue weighted by atomic mass is 9.85. The van der Waals surface area contributed by atoms with Crippen LogP contribution in [0.5, 0.6) is 0 Å². The quantitative estimate of drug-likeness (QED) is 0.785. The molecule has 1 N–H and O–H groups in total. The molecule has 1 aromatic carbocycles. The van der Waals surface area contributed by atoms with E-state index in [1.54, 1.807) is 6.07 Å². The Balaban J connectivity index is 2.05. The maximum Gasteiger partial charge on any atom is 0.146 e. The van der Waals surface area contributed by atoms with Gasteiger partial charge in [-0.25, -0.2) is 4.39 Å². The van der Waals surface area contributed by atoms with E-state index in [1.807, 2.05) is 19.2 Å². The molecule has 1 aliphatic carbocycles. The van der Waals surface area contributed by atoms with Gasteiger partial charge in [0.25, 0.3) is 0 Å². The maximum atomic E-state index is 14.4. The lowest BCUT2D eigenvalue weighted by molar-refractivity contribution is 0.320. The van der Waals surface area contributed by atoms with Gasteiger partial charge in [0, 0.05) is 19.6 Å². The molecule has 2 nitrogen and oxygen atoms in total. The number of halogens is 1. The van der Waals surface area contributed by atoms with Crippen molar-refractivity contribution in [2.24, 2.45) is 5.92 Å². The Kier molecular flexibility index (Phi) is 6.04. The standard InChI is InChI=1S/C18H29FN2/c1-4-11-20-13-15-9-10-18(16(19)12-15)21(3)17-8-6-5-7-14(17)2/h9-10,12,14,17,20H,4-8,11,13H2,1-3H3. The SMILES string of the molecule is CCCNCc1ccc(N(C)C2CCCCC2C)c(F)c1. The van der Waals surface area contributed by atoms with Gasteiger partial charge in [0.2, 0.25) is 0 Å². The van der Waals surface area contributed by atoms with E-state index >= 15 is 0 Å². The molecule has 1 fully saturated rings. The number of hydrogen-bond donors (Lipinski definition) is 1. The Labute approximate surface area is 128 Å². The van der Waals surface area contributed by atoms with E-state index in [9.17, 15) is 4.39 Å². The molecule has 2 atom stereocenters. The van der Waals surface area contributed by atoms with E-state index in [-0.39, 0.29) is 5.82 Å². The van der Waals surface area contributed by atoms with Gasteiger partial charge >= 0.3 is 0 Å². The first-order valence-electron chi connectivity index (χ1n) is 8.35. The number of benzene rings is 1. The van der Waals surface area contributed by atoms with Crippen LogP contribution in [0.2, 0.25) is 0 Å². The summed E-state index contributed by atoms with van der Waals surface area (Å²) in [6, 6.07) is 6.14. The number of rotatable bonds is 6. The first kappa shape index (κ1) is 16.3. The van der Waals surface area contributed by atoms with Crippen molar-refractivity contribution in [1.82, 2.24) is 5.32 Å². The summed E-state index contributed by atoms with van der Waals surface area (Å²) in [4.78, 5) is 2.16. The molecule has 0 aliphatic heterocycles. The van der Waals surface area contributed by atoms with Crippen molar-refractivity contribution in [3.63, 3.8) is 0 Å². The minimum atomic E-state index is -0.0916. The van der Waals surface area contributed by atoms with Crippen LogP contribution >= 0.6 is 0 Å². The molecule has 0 heterocycles. The lowest BCUT2D eigenvalue weighted by Gasteiger charge is -2.37. The monoisotopic (exact) mass is 292 g/mol. The van der Waals surface area contributed by atoms with E-state index in [0.29, 0.717) is 12.0 Å². The molecule has 0 bridgehead atoms. The normalized spacial score (nSPS) is 22.3. The van der Waals surface area contributed by atoms with Gasteiger partial charge in [-0.15, -0.1) is 0 Å². The summed E-state index contributed by atoms with van der Waals surface area (Å²) in [5.41, 5.74) is 1.77. The van der Waals surface area contributed by atoms with E-state index in [1.165, 1.54) is 25.7 Å². The minimum absolute atomic E-state index is 0.0916. The van der Waals surface area contributed by atoms with Gasteiger partial charge in [-0.05, 0) is 49.4 Å². The van der Waals surface area contributed by atoms with Crippen LogP contribution in [0, 0.1) is 11.7 Å². The van der Waals surface area contributed by atoms with Gasteiger partial charge in [-0.1, -0.05) is 32.8 Å². The van der Waals surface area contributed by atoms with Crippen molar-refractivity contribution < 1.29 is 4.39 Å². The van der Waals surface area contributed by atoms with Crippen molar-refractivity contribution in [3.05, 3.63) is 29.6 Å². The van der Waals surface area contributed by atoms with Gasteiger partial charge in [0.1, 0.15) is 5.82 Å². The molecule has 21 heavy (non-hydrogen) atoms. The molecule has 1 saturated carbocycles. The average molecular weight is 292 g/mol. The summed E-state index contributed by atoms with van der Waals surface area (Å²) < 4.78 is 14.4. The van der Waals surface area contributed by atoms with Crippen LogP contribution in [0.15, 0.2) is 18.2 Å². The maximum absolute atomic E-state index is 14.4. The molecule has 0 aromatic heterocycles. The zero-order chi connectivity index (χ0) is 15.2. The number of nitrogens with one attached hydrogen (secondary N) is 1. The van der Waals surface area contributed by atoms with E-state index in [0.717, 1.165) is 30.8 Å². The van der Waals surface area contributed by atoms with Gasteiger partial charge in [-0.2, -0.15) is 0 Å². The number of anilines is 1. The van der Waals surface area contributed by atoms with Gasteiger partial charge in [0.15, 0.2) is 0 Å². The van der Waals surface area contributed by atoms with Crippen molar-refractivity contribution in [2.45, 2.75) is 58.5 Å². The summed E-state index contributed by atoms with van der Waals surface area (Å²) in [5, 5.41) is 3.32. The second kappa shape index (κ2) is 7.79. The molecule has 0 spiro atoms. The zero-order valence-electron chi connectivity index (χ0n) is 13.7. The van der Waals surface area contributed by atoms with Crippen LogP contribution in [-0.2, 0) is 6.54 Å². The smallest absolute Gasteiger partial charge is 0.146 e. The van der Waals surface area contributed by atoms with Gasteiger partial charge < -0.3 is 10.2 Å². The Hall–Kier alpha value is -1.09. The topological polar surface area (TPSA) is 15.3 Å². The third-order valence-corrected chi connectivity index (χ3v) is 4.71. The Morgan fingerprint density at radius 1 is 1.29 bits per heavy atom. The van der Waals surface area contributed by atoms with Crippen LogP contribution in [0.1, 0.15) is 51.5 Å². The predicted molar refractivity (Wildman–Crippen MR) is 88.2 cm³/mol. The number of hydrogen-bond acceptors (Lipinski definition) is 2. The molecule has 1 aromatic rings. The second-order valence-corrected chi connectivity index (χ2v) is 6.40. The van der Waals surface area contributed by atoms with Crippen LogP contribution in [0.4, 0.5) is 10.1 Å². The highest BCUT2D eigenvalue weighted by molar-refractivity contribution is 5.49. The molecular formula is C18H29FN2. The summed E-state index contributed by atoms with van der Waals surface area (Å²) in [6.07, 6.45) is 6.12. The minimum Gasteiger partial charge on any atom is -0.369 e.